The molecule has 1 aliphatic carbocycles. The first kappa shape index (κ1) is 35.5. The Hall–Kier alpha value is 0.478. The van der Waals surface area contributed by atoms with E-state index < -0.39 is 16.3 Å². The summed E-state index contributed by atoms with van der Waals surface area (Å²) in [5.41, 5.74) is 2.63. The molecule has 2 aliphatic heterocycles. The third-order valence-corrected chi connectivity index (χ3v) is 8.66. The fourth-order valence-electron chi connectivity index (χ4n) is 4.04. The van der Waals surface area contributed by atoms with Crippen LogP contribution in [0.5, 0.6) is 0 Å². The van der Waals surface area contributed by atoms with Crippen molar-refractivity contribution in [2.24, 2.45) is 0 Å². The van der Waals surface area contributed by atoms with Gasteiger partial charge >= 0.3 is 0 Å². The maximum absolute atomic E-state index is 5.08. The molecule has 6 radical (unpaired) electrons. The molecule has 3 fully saturated rings. The van der Waals surface area contributed by atoms with Crippen LogP contribution < -0.4 is 0 Å². The molecule has 3 nitrogen and oxygen atoms in total. The summed E-state index contributed by atoms with van der Waals surface area (Å²) in [4.78, 5) is 5.08. The Morgan fingerprint density at radius 2 is 1.00 bits per heavy atom. The van der Waals surface area contributed by atoms with Crippen LogP contribution in [0.3, 0.4) is 0 Å². The number of nitrogens with zero attached hydrogens (tertiary/aromatic N) is 1. The van der Waals surface area contributed by atoms with Crippen molar-refractivity contribution in [3.63, 3.8) is 0 Å². The molecule has 0 amide bonds. The van der Waals surface area contributed by atoms with E-state index in [0.29, 0.717) is 0 Å². The molecule has 2 heterocycles. The van der Waals surface area contributed by atoms with Gasteiger partial charge in [0.2, 0.25) is 0 Å². The molecule has 196 valence electrons. The third kappa shape index (κ3) is 14.9. The first-order valence-electron chi connectivity index (χ1n) is 12.9. The molecule has 4 rings (SSSR count). The van der Waals surface area contributed by atoms with Crippen molar-refractivity contribution in [3.8, 4) is 0 Å². The first-order valence-corrected chi connectivity index (χ1v) is 19.5. The van der Waals surface area contributed by atoms with Crippen LogP contribution in [0.2, 0.25) is 32.7 Å². The Labute approximate surface area is 246 Å². The number of hydrogen-bond donors (Lipinski definition) is 0. The Morgan fingerprint density at radius 3 is 1.29 bits per heavy atom. The fraction of sp³-hybridized carbons (Fsp3) is 0.586. The van der Waals surface area contributed by atoms with E-state index in [1.807, 2.05) is 6.07 Å². The average molecular weight is 590 g/mol. The minimum absolute atomic E-state index is 0. The van der Waals surface area contributed by atoms with Crippen molar-refractivity contribution in [2.75, 3.05) is 26.4 Å². The van der Waals surface area contributed by atoms with Gasteiger partial charge in [-0.05, 0) is 63.1 Å². The van der Waals surface area contributed by atoms with Crippen molar-refractivity contribution in [1.82, 2.24) is 0 Å². The summed E-state index contributed by atoms with van der Waals surface area (Å²) in [6.07, 6.45) is 5.11. The quantitative estimate of drug-likeness (QED) is 0.261. The van der Waals surface area contributed by atoms with E-state index in [4.69, 9.17) is 14.5 Å². The van der Waals surface area contributed by atoms with E-state index in [1.54, 1.807) is 0 Å². The number of ether oxygens (including phenoxy) is 2. The minimum Gasteiger partial charge on any atom is -0.687 e. The third-order valence-electron chi connectivity index (χ3n) is 5.87. The van der Waals surface area contributed by atoms with Gasteiger partial charge in [0, 0.05) is 59.1 Å². The molecule has 1 aromatic carbocycles. The van der Waals surface area contributed by atoms with Crippen LogP contribution >= 0.6 is 0 Å². The molecule has 0 aromatic heterocycles. The maximum Gasteiger partial charge on any atom is 0.0466 e. The van der Waals surface area contributed by atoms with Gasteiger partial charge in [0.25, 0.3) is 0 Å². The molecule has 35 heavy (non-hydrogen) atoms. The summed E-state index contributed by atoms with van der Waals surface area (Å²) in [6, 6.07) is 10.4. The normalized spacial score (nSPS) is 20.1. The average Bonchev–Trinajstić information content (AvgIpc) is 3.52. The Kier molecular flexibility index (Phi) is 18.1. The van der Waals surface area contributed by atoms with Crippen LogP contribution in [0.25, 0.3) is 4.98 Å². The van der Waals surface area contributed by atoms with E-state index in [9.17, 15) is 0 Å². The summed E-state index contributed by atoms with van der Waals surface area (Å²) in [6.45, 7) is 28.2. The minimum atomic E-state index is -1.79. The van der Waals surface area contributed by atoms with Crippen LogP contribution in [-0.4, -0.2) is 42.7 Å². The zero-order valence-corrected chi connectivity index (χ0v) is 28.9. The molecule has 3 aliphatic rings. The Bertz CT molecular complexity index is 601. The van der Waals surface area contributed by atoms with Gasteiger partial charge < -0.3 is 21.0 Å². The van der Waals surface area contributed by atoms with Gasteiger partial charge in [-0.1, -0.05) is 90.8 Å². The number of hydrogen-bond acceptors (Lipinski definition) is 2. The summed E-state index contributed by atoms with van der Waals surface area (Å²) >= 11 is 0. The van der Waals surface area contributed by atoms with Crippen molar-refractivity contribution in [1.29, 1.82) is 0 Å². The first-order chi connectivity index (χ1) is 15.8. The molecule has 6 heteroatoms. The van der Waals surface area contributed by atoms with Crippen LogP contribution in [0, 0.1) is 35.8 Å². The second-order valence-electron chi connectivity index (χ2n) is 11.1. The van der Waals surface area contributed by atoms with Crippen molar-refractivity contribution < 1.29 is 42.2 Å². The summed E-state index contributed by atoms with van der Waals surface area (Å²) < 4.78 is 9.89. The van der Waals surface area contributed by atoms with E-state index in [2.05, 4.69) is 91.2 Å². The van der Waals surface area contributed by atoms with E-state index in [0.717, 1.165) is 32.1 Å². The predicted molar refractivity (Wildman–Crippen MR) is 155 cm³/mol. The summed E-state index contributed by atoms with van der Waals surface area (Å²) in [7, 11) is -2.66. The van der Waals surface area contributed by atoms with Crippen LogP contribution in [0.4, 0.5) is 5.69 Å². The molecule has 2 saturated heterocycles. The monoisotopic (exact) mass is 589 g/mol. The SMILES string of the molecule is C1CCOC1.C1CCOC1.C[C]1[C](C)[C](C)[C]([Si](C)(C)[N-]c2ccccc2)[C]1C.[CH2-][Si](C)(C)C.[Y]. The molecule has 0 spiro atoms. The van der Waals surface area contributed by atoms with Crippen molar-refractivity contribution >= 4 is 22.0 Å². The van der Waals surface area contributed by atoms with Crippen LogP contribution in [-0.2, 0) is 42.2 Å². The predicted octanol–water partition coefficient (Wildman–Crippen LogP) is 8.69. The zero-order chi connectivity index (χ0) is 25.8. The van der Waals surface area contributed by atoms with Gasteiger partial charge in [-0.25, -0.2) is 0 Å². The van der Waals surface area contributed by atoms with Crippen molar-refractivity contribution in [3.05, 3.63) is 71.1 Å². The molecule has 0 atom stereocenters. The van der Waals surface area contributed by atoms with E-state index in [1.165, 1.54) is 54.9 Å². The smallest absolute Gasteiger partial charge is 0.0466 e. The molecular formula is C29H50NO2Si2Y-2. The van der Waals surface area contributed by atoms with Crippen molar-refractivity contribution in [2.45, 2.75) is 86.1 Å². The second kappa shape index (κ2) is 17.9. The summed E-state index contributed by atoms with van der Waals surface area (Å²) in [5, 5.41) is 0. The Balaban J connectivity index is 0.000000584. The largest absolute Gasteiger partial charge is 0.687 e. The standard InChI is InChI=1S/C17H23NSi.2C4H8O.C4H11Si.Y/c1-12-13(2)15(4)17(14(12)3)19(5,6)18-16-10-8-7-9-11-16;2*1-2-4-5-3-1;1-5(2,3)4;/h7-11H,1-6H3;2*1-4H2;1H2,2-4H3;/q-1;;;-1;. The van der Waals surface area contributed by atoms with E-state index >= 15 is 0 Å². The summed E-state index contributed by atoms with van der Waals surface area (Å²) in [5.74, 6) is 5.78. The van der Waals surface area contributed by atoms with Gasteiger partial charge in [0.1, 0.15) is 0 Å². The van der Waals surface area contributed by atoms with Gasteiger partial charge in [-0.2, -0.15) is 0 Å². The number of rotatable bonds is 3. The maximum atomic E-state index is 5.08. The second-order valence-corrected chi connectivity index (χ2v) is 20.0. The fourth-order valence-corrected chi connectivity index (χ4v) is 7.16. The van der Waals surface area contributed by atoms with Gasteiger partial charge in [0.05, 0.1) is 0 Å². The zero-order valence-electron chi connectivity index (χ0n) is 24.1. The van der Waals surface area contributed by atoms with E-state index in [-0.39, 0.29) is 32.7 Å². The molecule has 1 saturated carbocycles. The van der Waals surface area contributed by atoms with Gasteiger partial charge in [-0.3, -0.25) is 0 Å². The van der Waals surface area contributed by atoms with Gasteiger partial charge in [0.15, 0.2) is 0 Å². The number of benzene rings is 1. The van der Waals surface area contributed by atoms with Crippen LogP contribution in [0.15, 0.2) is 30.3 Å². The Morgan fingerprint density at radius 1 is 0.657 bits per heavy atom. The molecule has 0 bridgehead atoms. The molecule has 1 aromatic rings. The topological polar surface area (TPSA) is 32.6 Å². The van der Waals surface area contributed by atoms with Crippen LogP contribution in [0.1, 0.15) is 53.4 Å². The van der Waals surface area contributed by atoms with Gasteiger partial charge in [-0.15, -0.1) is 13.8 Å². The molecule has 0 unspecified atom stereocenters. The molecule has 0 N–H and O–H groups in total. The molecular weight excluding hydrogens is 539 g/mol.